The van der Waals surface area contributed by atoms with Gasteiger partial charge >= 0.3 is 0 Å². The molecule has 1 heterocycles. The quantitative estimate of drug-likeness (QED) is 0.610. The van der Waals surface area contributed by atoms with Gasteiger partial charge in [0.1, 0.15) is 12.3 Å². The van der Waals surface area contributed by atoms with Crippen LogP contribution in [0.25, 0.3) is 11.1 Å². The van der Waals surface area contributed by atoms with Crippen LogP contribution in [0.3, 0.4) is 0 Å². The number of hydrogen-bond acceptors (Lipinski definition) is 5. The monoisotopic (exact) mass is 407 g/mol. The molecule has 0 radical (unpaired) electrons. The number of hydrogen-bond donors (Lipinski definition) is 1. The van der Waals surface area contributed by atoms with Gasteiger partial charge < -0.3 is 14.1 Å². The van der Waals surface area contributed by atoms with Crippen molar-refractivity contribution in [3.05, 3.63) is 52.9 Å². The van der Waals surface area contributed by atoms with Gasteiger partial charge in [-0.1, -0.05) is 6.92 Å². The molecule has 3 rings (SSSR count). The molecule has 0 aliphatic carbocycles. The van der Waals surface area contributed by atoms with Gasteiger partial charge in [-0.15, -0.1) is 0 Å². The summed E-state index contributed by atoms with van der Waals surface area (Å²) in [5.74, 6) is 0.879. The largest absolute Gasteiger partial charge is 0.497 e. The van der Waals surface area contributed by atoms with Crippen LogP contribution >= 0.6 is 12.2 Å². The summed E-state index contributed by atoms with van der Waals surface area (Å²) in [5.41, 5.74) is 2.46. The number of quaternary nitrogens is 1. The average Bonchev–Trinajstić information content (AvgIpc) is 2.97. The Morgan fingerprint density at radius 3 is 2.52 bits per heavy atom. The minimum absolute atomic E-state index is 0.0553. The summed E-state index contributed by atoms with van der Waals surface area (Å²) in [5, 5.41) is 0. The van der Waals surface area contributed by atoms with Crippen LogP contribution in [0.15, 0.2) is 51.8 Å². The Bertz CT molecular complexity index is 1100. The molecule has 8 heteroatoms. The van der Waals surface area contributed by atoms with Crippen LogP contribution in [0.2, 0.25) is 0 Å². The van der Waals surface area contributed by atoms with Gasteiger partial charge in [-0.2, -0.15) is 0 Å². The van der Waals surface area contributed by atoms with E-state index in [1.54, 1.807) is 32.2 Å². The van der Waals surface area contributed by atoms with Gasteiger partial charge in [-0.3, -0.25) is 4.57 Å². The van der Waals surface area contributed by atoms with Crippen molar-refractivity contribution in [3.8, 4) is 5.75 Å². The fourth-order valence-electron chi connectivity index (χ4n) is 2.97. The third-order valence-electron chi connectivity index (χ3n) is 4.47. The molecule has 0 bridgehead atoms. The van der Waals surface area contributed by atoms with Crippen molar-refractivity contribution >= 4 is 33.2 Å². The van der Waals surface area contributed by atoms with E-state index >= 15 is 0 Å². The first kappa shape index (κ1) is 19.6. The number of aromatic nitrogens is 1. The molecular formula is C19H23N2O4S2+. The molecule has 1 unspecified atom stereocenters. The van der Waals surface area contributed by atoms with Crippen LogP contribution in [0.4, 0.5) is 0 Å². The Balaban J connectivity index is 1.87. The van der Waals surface area contributed by atoms with Gasteiger partial charge in [-0.05, 0) is 54.7 Å². The van der Waals surface area contributed by atoms with Crippen LogP contribution in [-0.4, -0.2) is 32.9 Å². The van der Waals surface area contributed by atoms with E-state index in [-0.39, 0.29) is 10.6 Å². The minimum Gasteiger partial charge on any atom is -0.497 e. The molecule has 1 atom stereocenters. The van der Waals surface area contributed by atoms with Crippen molar-refractivity contribution in [2.75, 3.05) is 19.9 Å². The molecule has 1 aromatic heterocycles. The number of rotatable bonds is 7. The lowest BCUT2D eigenvalue weighted by Gasteiger charge is -2.15. The summed E-state index contributed by atoms with van der Waals surface area (Å²) in [6.45, 7) is 2.98. The predicted octanol–water partition coefficient (Wildman–Crippen LogP) is 2.44. The summed E-state index contributed by atoms with van der Waals surface area (Å²) in [7, 11) is 0.409. The van der Waals surface area contributed by atoms with E-state index in [4.69, 9.17) is 21.4 Å². The normalized spacial score (nSPS) is 13.0. The van der Waals surface area contributed by atoms with Gasteiger partial charge in [0.25, 0.3) is 4.84 Å². The topological polar surface area (TPSA) is 65.9 Å². The third kappa shape index (κ3) is 4.23. The summed E-state index contributed by atoms with van der Waals surface area (Å²) in [4.78, 5) is 1.81. The molecule has 0 spiro atoms. The zero-order valence-electron chi connectivity index (χ0n) is 15.6. The zero-order chi connectivity index (χ0) is 19.6. The fraction of sp³-hybridized carbons (Fsp3) is 0.316. The van der Waals surface area contributed by atoms with Crippen molar-refractivity contribution in [3.63, 3.8) is 0 Å². The lowest BCUT2D eigenvalue weighted by Crippen LogP contribution is -3.06. The molecule has 1 N–H and O–H groups in total. The number of ether oxygens (including phenoxy) is 1. The Labute approximate surface area is 163 Å². The fourth-order valence-corrected chi connectivity index (χ4v) is 4.12. The van der Waals surface area contributed by atoms with Gasteiger partial charge in [0.2, 0.25) is 0 Å². The van der Waals surface area contributed by atoms with Crippen LogP contribution in [0.5, 0.6) is 5.75 Å². The van der Waals surface area contributed by atoms with Crippen molar-refractivity contribution in [1.82, 2.24) is 4.57 Å². The Kier molecular flexibility index (Phi) is 5.69. The first-order chi connectivity index (χ1) is 12.8. The molecule has 0 amide bonds. The maximum Gasteiger partial charge on any atom is 0.274 e. The first-order valence-corrected chi connectivity index (χ1v) is 10.7. The second-order valence-corrected chi connectivity index (χ2v) is 9.10. The number of sulfone groups is 1. The SMILES string of the molecule is CCS(=O)(=O)c1ccc2oc(=S)n(C[NH+](C)Cc3ccc(OC)cc3)c2c1. The van der Waals surface area contributed by atoms with Gasteiger partial charge in [0, 0.05) is 5.56 Å². The van der Waals surface area contributed by atoms with E-state index in [0.29, 0.717) is 22.6 Å². The molecule has 27 heavy (non-hydrogen) atoms. The highest BCUT2D eigenvalue weighted by Gasteiger charge is 2.17. The first-order valence-electron chi connectivity index (χ1n) is 8.64. The zero-order valence-corrected chi connectivity index (χ0v) is 17.2. The van der Waals surface area contributed by atoms with Crippen molar-refractivity contribution in [2.45, 2.75) is 25.0 Å². The maximum absolute atomic E-state index is 12.2. The van der Waals surface area contributed by atoms with Gasteiger partial charge in [0.15, 0.2) is 22.1 Å². The Hall–Kier alpha value is -2.16. The van der Waals surface area contributed by atoms with Crippen LogP contribution in [0.1, 0.15) is 12.5 Å². The van der Waals surface area contributed by atoms with E-state index in [1.807, 2.05) is 28.8 Å². The molecule has 6 nitrogen and oxygen atoms in total. The number of oxazole rings is 1. The second kappa shape index (κ2) is 7.84. The smallest absolute Gasteiger partial charge is 0.274 e. The molecule has 0 saturated heterocycles. The summed E-state index contributed by atoms with van der Waals surface area (Å²) < 4.78 is 37.1. The van der Waals surface area contributed by atoms with Crippen molar-refractivity contribution in [2.24, 2.45) is 0 Å². The molecule has 3 aromatic rings. The molecular weight excluding hydrogens is 384 g/mol. The van der Waals surface area contributed by atoms with Crippen molar-refractivity contribution in [1.29, 1.82) is 0 Å². The number of methoxy groups -OCH3 is 1. The van der Waals surface area contributed by atoms with Gasteiger partial charge in [-0.25, -0.2) is 8.42 Å². The van der Waals surface area contributed by atoms with E-state index in [1.165, 1.54) is 10.5 Å². The second-order valence-electron chi connectivity index (χ2n) is 6.47. The molecule has 0 aliphatic rings. The van der Waals surface area contributed by atoms with E-state index in [9.17, 15) is 8.42 Å². The van der Waals surface area contributed by atoms with Crippen LogP contribution < -0.4 is 9.64 Å². The summed E-state index contributed by atoms with van der Waals surface area (Å²) >= 11 is 5.35. The molecule has 0 fully saturated rings. The number of nitrogens with zero attached hydrogens (tertiary/aromatic N) is 1. The number of fused-ring (bicyclic) bond motifs is 1. The predicted molar refractivity (Wildman–Crippen MR) is 106 cm³/mol. The highest BCUT2D eigenvalue weighted by atomic mass is 32.2. The third-order valence-corrected chi connectivity index (χ3v) is 6.51. The standard InChI is InChI=1S/C19H22N2O4S2/c1-4-27(22,23)16-9-10-18-17(11-16)21(19(26)25-18)13-20(2)12-14-5-7-15(24-3)8-6-14/h5-11H,4,12-13H2,1-3H3/p+1. The van der Waals surface area contributed by atoms with E-state index in [2.05, 4.69) is 7.05 Å². The molecule has 144 valence electrons. The lowest BCUT2D eigenvalue weighted by molar-refractivity contribution is -0.916. The summed E-state index contributed by atoms with van der Waals surface area (Å²) in [6, 6.07) is 12.8. The highest BCUT2D eigenvalue weighted by Crippen LogP contribution is 2.22. The maximum atomic E-state index is 12.2. The Morgan fingerprint density at radius 1 is 1.19 bits per heavy atom. The minimum atomic E-state index is -3.29. The van der Waals surface area contributed by atoms with E-state index in [0.717, 1.165) is 12.3 Å². The molecule has 2 aromatic carbocycles. The van der Waals surface area contributed by atoms with E-state index < -0.39 is 9.84 Å². The summed E-state index contributed by atoms with van der Waals surface area (Å²) in [6.07, 6.45) is 0. The van der Waals surface area contributed by atoms with Crippen LogP contribution in [-0.2, 0) is 23.1 Å². The highest BCUT2D eigenvalue weighted by molar-refractivity contribution is 7.91. The van der Waals surface area contributed by atoms with Gasteiger partial charge in [0.05, 0.1) is 30.3 Å². The Morgan fingerprint density at radius 2 is 1.89 bits per heavy atom. The number of nitrogens with one attached hydrogen (secondary N) is 1. The molecule has 0 aliphatic heterocycles. The number of benzene rings is 2. The van der Waals surface area contributed by atoms with Crippen LogP contribution in [0, 0.1) is 4.84 Å². The lowest BCUT2D eigenvalue weighted by atomic mass is 10.2. The average molecular weight is 408 g/mol. The molecule has 0 saturated carbocycles. The van der Waals surface area contributed by atoms with Crippen molar-refractivity contribution < 1.29 is 22.5 Å².